The molecule has 1 heterocycles. The Morgan fingerprint density at radius 3 is 2.00 bits per heavy atom. The first-order valence-electron chi connectivity index (χ1n) is 11.9. The molecular weight excluding hydrogens is 430 g/mol. The van der Waals surface area contributed by atoms with Gasteiger partial charge in [-0.25, -0.2) is 4.79 Å². The number of hydrogen-bond acceptors (Lipinski definition) is 4. The molecule has 1 unspecified atom stereocenters. The Morgan fingerprint density at radius 1 is 0.824 bits per heavy atom. The van der Waals surface area contributed by atoms with E-state index in [4.69, 9.17) is 5.73 Å². The van der Waals surface area contributed by atoms with E-state index in [-0.39, 0.29) is 37.0 Å². The van der Waals surface area contributed by atoms with E-state index < -0.39 is 12.2 Å². The molecule has 1 atom stereocenters. The van der Waals surface area contributed by atoms with Crippen LogP contribution in [0.25, 0.3) is 0 Å². The van der Waals surface area contributed by atoms with Gasteiger partial charge in [0.1, 0.15) is 0 Å². The maximum Gasteiger partial charge on any atom is 0.323 e. The van der Waals surface area contributed by atoms with Crippen molar-refractivity contribution in [2.75, 3.05) is 18.4 Å². The van der Waals surface area contributed by atoms with E-state index in [9.17, 15) is 14.4 Å². The lowest BCUT2D eigenvalue weighted by Crippen LogP contribution is -2.56. The fourth-order valence-corrected chi connectivity index (χ4v) is 4.57. The highest BCUT2D eigenvalue weighted by Crippen LogP contribution is 2.23. The van der Waals surface area contributed by atoms with Crippen LogP contribution in [0, 0.1) is 13.8 Å². The summed E-state index contributed by atoms with van der Waals surface area (Å²) in [5.41, 5.74) is 9.26. The van der Waals surface area contributed by atoms with Gasteiger partial charge < -0.3 is 21.3 Å². The summed E-state index contributed by atoms with van der Waals surface area (Å²) in [6.07, 6.45) is 2.26. The molecule has 180 valence electrons. The van der Waals surface area contributed by atoms with Gasteiger partial charge in [0, 0.05) is 36.4 Å². The Bertz CT molecular complexity index is 1030. The van der Waals surface area contributed by atoms with Crippen molar-refractivity contribution < 1.29 is 14.4 Å². The number of aryl methyl sites for hydroxylation is 2. The second kappa shape index (κ2) is 10.3. The normalized spacial score (nSPS) is 22.4. The van der Waals surface area contributed by atoms with E-state index in [1.54, 1.807) is 12.1 Å². The van der Waals surface area contributed by atoms with Crippen molar-refractivity contribution in [3.05, 3.63) is 65.2 Å². The van der Waals surface area contributed by atoms with Crippen molar-refractivity contribution in [3.8, 4) is 0 Å². The first-order valence-corrected chi connectivity index (χ1v) is 11.9. The molecule has 2 fully saturated rings. The minimum atomic E-state index is -1.02. The third-order valence-corrected chi connectivity index (χ3v) is 6.65. The highest BCUT2D eigenvalue weighted by atomic mass is 16.2. The maximum atomic E-state index is 13.4. The molecule has 4 N–H and O–H groups in total. The first kappa shape index (κ1) is 23.8. The number of nitrogens with one attached hydrogen (secondary N) is 2. The quantitative estimate of drug-likeness (QED) is 0.648. The summed E-state index contributed by atoms with van der Waals surface area (Å²) in [6.45, 7) is 4.47. The average molecular weight is 464 g/mol. The van der Waals surface area contributed by atoms with Gasteiger partial charge in [0.2, 0.25) is 0 Å². The second-order valence-electron chi connectivity index (χ2n) is 9.35. The zero-order valence-electron chi connectivity index (χ0n) is 19.8. The zero-order valence-corrected chi connectivity index (χ0v) is 19.8. The number of rotatable bonds is 4. The van der Waals surface area contributed by atoms with E-state index >= 15 is 0 Å². The lowest BCUT2D eigenvalue weighted by Gasteiger charge is -2.32. The molecule has 1 aliphatic carbocycles. The highest BCUT2D eigenvalue weighted by molar-refractivity contribution is 6.00. The molecule has 2 aliphatic rings. The van der Waals surface area contributed by atoms with Crippen LogP contribution in [0.1, 0.15) is 47.2 Å². The Hall–Kier alpha value is -3.39. The summed E-state index contributed by atoms with van der Waals surface area (Å²) in [4.78, 5) is 42.9. The average Bonchev–Trinajstić information content (AvgIpc) is 3.28. The molecule has 0 bridgehead atoms. The van der Waals surface area contributed by atoms with Crippen LogP contribution < -0.4 is 16.4 Å². The topological polar surface area (TPSA) is 108 Å². The molecule has 1 saturated heterocycles. The van der Waals surface area contributed by atoms with Crippen molar-refractivity contribution in [2.24, 2.45) is 5.73 Å². The summed E-state index contributed by atoms with van der Waals surface area (Å²) in [7, 11) is 0. The van der Waals surface area contributed by atoms with Crippen LogP contribution >= 0.6 is 0 Å². The second-order valence-corrected chi connectivity index (χ2v) is 9.35. The monoisotopic (exact) mass is 463 g/mol. The predicted octanol–water partition coefficient (Wildman–Crippen LogP) is 3.01. The van der Waals surface area contributed by atoms with Gasteiger partial charge in [-0.05, 0) is 63.8 Å². The predicted molar refractivity (Wildman–Crippen MR) is 131 cm³/mol. The lowest BCUT2D eigenvalue weighted by molar-refractivity contribution is -0.128. The molecule has 0 spiro atoms. The van der Waals surface area contributed by atoms with Crippen LogP contribution in [0.15, 0.2) is 48.5 Å². The van der Waals surface area contributed by atoms with E-state index in [0.717, 1.165) is 36.8 Å². The molecule has 8 heteroatoms. The van der Waals surface area contributed by atoms with Gasteiger partial charge in [0.05, 0.1) is 0 Å². The molecule has 0 aromatic heterocycles. The number of nitrogens with two attached hydrogens (primary N) is 1. The van der Waals surface area contributed by atoms with Crippen molar-refractivity contribution >= 4 is 23.5 Å². The summed E-state index contributed by atoms with van der Waals surface area (Å²) in [5, 5.41) is 5.94. The summed E-state index contributed by atoms with van der Waals surface area (Å²) in [5.74, 6) is -0.603. The van der Waals surface area contributed by atoms with Gasteiger partial charge in [-0.15, -0.1) is 0 Å². The van der Waals surface area contributed by atoms with Crippen LogP contribution in [-0.4, -0.2) is 59.0 Å². The SMILES string of the molecule is Cc1ccc(NC(=O)N2CCN(C(=O)c3ccc(C)cc3)C2C(=O)NC2CCC(N)CC2)cc1. The van der Waals surface area contributed by atoms with Crippen molar-refractivity contribution in [3.63, 3.8) is 0 Å². The molecule has 2 aromatic rings. The van der Waals surface area contributed by atoms with Crippen LogP contribution in [0.5, 0.6) is 0 Å². The van der Waals surface area contributed by atoms with E-state index in [0.29, 0.717) is 11.3 Å². The summed E-state index contributed by atoms with van der Waals surface area (Å²) >= 11 is 0. The van der Waals surface area contributed by atoms with Crippen molar-refractivity contribution in [1.29, 1.82) is 0 Å². The Morgan fingerprint density at radius 2 is 1.38 bits per heavy atom. The minimum Gasteiger partial charge on any atom is -0.350 e. The largest absolute Gasteiger partial charge is 0.350 e. The lowest BCUT2D eigenvalue weighted by atomic mass is 9.92. The van der Waals surface area contributed by atoms with Gasteiger partial charge in [-0.2, -0.15) is 0 Å². The Kier molecular flexibility index (Phi) is 7.17. The molecule has 2 aromatic carbocycles. The molecular formula is C26H33N5O3. The highest BCUT2D eigenvalue weighted by Gasteiger charge is 2.43. The van der Waals surface area contributed by atoms with E-state index in [2.05, 4.69) is 10.6 Å². The van der Waals surface area contributed by atoms with Gasteiger partial charge in [-0.1, -0.05) is 35.4 Å². The number of carbonyl (C=O) groups excluding carboxylic acids is 3. The molecule has 1 aliphatic heterocycles. The number of benzene rings is 2. The third kappa shape index (κ3) is 5.39. The number of nitrogens with zero attached hydrogens (tertiary/aromatic N) is 2. The standard InChI is InChI=1S/C26H33N5O3/c1-17-3-7-19(8-4-17)25(33)30-15-16-31(26(34)29-22-11-5-18(2)6-12-22)24(30)23(32)28-21-13-9-20(27)10-14-21/h3-8,11-12,20-21,24H,9-10,13-16,27H2,1-2H3,(H,28,32)(H,29,34). The molecule has 1 saturated carbocycles. The van der Waals surface area contributed by atoms with Gasteiger partial charge in [0.15, 0.2) is 6.17 Å². The van der Waals surface area contributed by atoms with E-state index in [1.165, 1.54) is 9.80 Å². The molecule has 34 heavy (non-hydrogen) atoms. The number of urea groups is 1. The smallest absolute Gasteiger partial charge is 0.323 e. The Labute approximate surface area is 200 Å². The fourth-order valence-electron chi connectivity index (χ4n) is 4.57. The fraction of sp³-hybridized carbons (Fsp3) is 0.423. The van der Waals surface area contributed by atoms with Crippen LogP contribution in [0.4, 0.5) is 10.5 Å². The molecule has 0 radical (unpaired) electrons. The minimum absolute atomic E-state index is 0.00811. The van der Waals surface area contributed by atoms with Crippen LogP contribution in [0.2, 0.25) is 0 Å². The summed E-state index contributed by atoms with van der Waals surface area (Å²) < 4.78 is 0. The van der Waals surface area contributed by atoms with Gasteiger partial charge in [-0.3, -0.25) is 14.5 Å². The van der Waals surface area contributed by atoms with Gasteiger partial charge >= 0.3 is 6.03 Å². The third-order valence-electron chi connectivity index (χ3n) is 6.65. The molecule has 8 nitrogen and oxygen atoms in total. The van der Waals surface area contributed by atoms with Crippen LogP contribution in [-0.2, 0) is 4.79 Å². The molecule has 4 amide bonds. The van der Waals surface area contributed by atoms with Crippen LogP contribution in [0.3, 0.4) is 0 Å². The number of anilines is 1. The van der Waals surface area contributed by atoms with Gasteiger partial charge in [0.25, 0.3) is 11.8 Å². The summed E-state index contributed by atoms with van der Waals surface area (Å²) in [6, 6.07) is 14.4. The van der Waals surface area contributed by atoms with Crippen molar-refractivity contribution in [1.82, 2.24) is 15.1 Å². The molecule has 4 rings (SSSR count). The zero-order chi connectivity index (χ0) is 24.2. The number of amides is 4. The number of hydrogen-bond donors (Lipinski definition) is 3. The first-order chi connectivity index (χ1) is 16.3. The van der Waals surface area contributed by atoms with E-state index in [1.807, 2.05) is 50.2 Å². The van der Waals surface area contributed by atoms with Crippen molar-refractivity contribution in [2.45, 2.75) is 57.8 Å². The Balaban J connectivity index is 1.54. The maximum absolute atomic E-state index is 13.4. The number of carbonyl (C=O) groups is 3.